The second-order valence-corrected chi connectivity index (χ2v) is 1.78. The predicted molar refractivity (Wildman–Crippen MR) is 55.8 cm³/mol. The van der Waals surface area contributed by atoms with Crippen molar-refractivity contribution >= 4 is 0 Å². The molecule has 0 aromatic heterocycles. The minimum atomic E-state index is 1.19. The van der Waals surface area contributed by atoms with Gasteiger partial charge in [-0.1, -0.05) is 39.7 Å². The van der Waals surface area contributed by atoms with Crippen molar-refractivity contribution in [3.8, 4) is 0 Å². The smallest absolute Gasteiger partial charge is 0.0195 e. The monoisotopic (exact) mass is 159 g/mol. The summed E-state index contributed by atoms with van der Waals surface area (Å²) in [7, 11) is 1.50. The third-order valence-electron chi connectivity index (χ3n) is 1.01. The number of rotatable bonds is 4. The number of nitrogens with two attached hydrogens (primary N) is 1. The van der Waals surface area contributed by atoms with E-state index in [9.17, 15) is 0 Å². The molecule has 70 valence electrons. The Bertz CT molecular complexity index is 42.1. The first-order valence-electron chi connectivity index (χ1n) is 4.60. The lowest BCUT2D eigenvalue weighted by atomic mass is 10.2. The fourth-order valence-corrected chi connectivity index (χ4v) is 0.539. The predicted octanol–water partition coefficient (Wildman–Crippen LogP) is 3.35. The van der Waals surface area contributed by atoms with Crippen LogP contribution in [0.5, 0.6) is 0 Å². The van der Waals surface area contributed by atoms with E-state index in [-0.39, 0.29) is 0 Å². The Kier molecular flexibility index (Phi) is 51.3. The summed E-state index contributed by atoms with van der Waals surface area (Å²) in [6.45, 7) is 9.84. The number of hydrogen-bond acceptors (Lipinski definition) is 1. The largest absolute Gasteiger partial charge is 0.333 e. The lowest BCUT2D eigenvalue weighted by molar-refractivity contribution is 0.730. The first-order valence-corrected chi connectivity index (χ1v) is 4.60. The van der Waals surface area contributed by atoms with Gasteiger partial charge in [-0.3, -0.25) is 0 Å². The van der Waals surface area contributed by atoms with Gasteiger partial charge >= 0.3 is 0 Å². The van der Waals surface area contributed by atoms with Gasteiger partial charge in [0.2, 0.25) is 0 Å². The minimum Gasteiger partial charge on any atom is -0.333 e. The van der Waals surface area contributed by atoms with E-state index in [0.29, 0.717) is 0 Å². The molecule has 0 aromatic carbocycles. The van der Waals surface area contributed by atoms with Crippen molar-refractivity contribution in [2.45, 2.75) is 46.5 Å². The van der Waals surface area contributed by atoms with Gasteiger partial charge in [0, 0.05) is 0 Å². The molecule has 0 atom stereocenters. The van der Waals surface area contributed by atoms with Crippen LogP contribution in [0.25, 0.3) is 0 Å². The Morgan fingerprint density at radius 3 is 1.91 bits per heavy atom. The zero-order valence-corrected chi connectivity index (χ0v) is 8.69. The molecule has 0 aliphatic heterocycles. The second-order valence-electron chi connectivity index (χ2n) is 1.78. The van der Waals surface area contributed by atoms with Crippen LogP contribution in [-0.4, -0.2) is 7.05 Å². The molecule has 11 heavy (non-hydrogen) atoms. The van der Waals surface area contributed by atoms with E-state index in [1.807, 2.05) is 19.9 Å². The molecular weight excluding hydrogens is 134 g/mol. The topological polar surface area (TPSA) is 26.0 Å². The molecule has 0 fully saturated rings. The zero-order chi connectivity index (χ0) is 9.54. The Balaban J connectivity index is -0.000000138. The highest BCUT2D eigenvalue weighted by molar-refractivity contribution is 4.64. The Morgan fingerprint density at radius 2 is 1.64 bits per heavy atom. The van der Waals surface area contributed by atoms with Crippen LogP contribution in [0.15, 0.2) is 12.7 Å². The molecule has 0 aliphatic carbocycles. The molecule has 0 aliphatic rings. The van der Waals surface area contributed by atoms with Gasteiger partial charge in [-0.25, -0.2) is 0 Å². The summed E-state index contributed by atoms with van der Waals surface area (Å²) in [6.07, 6.45) is 7.16. The highest BCUT2D eigenvalue weighted by atomic mass is 14.4. The van der Waals surface area contributed by atoms with Crippen LogP contribution in [0.3, 0.4) is 0 Å². The quantitative estimate of drug-likeness (QED) is 0.494. The molecule has 0 radical (unpaired) electrons. The fraction of sp³-hybridized carbons (Fsp3) is 0.800. The van der Waals surface area contributed by atoms with Gasteiger partial charge in [0.15, 0.2) is 0 Å². The van der Waals surface area contributed by atoms with Crippen molar-refractivity contribution in [2.24, 2.45) is 5.73 Å². The van der Waals surface area contributed by atoms with Crippen molar-refractivity contribution in [3.05, 3.63) is 12.7 Å². The highest BCUT2D eigenvalue weighted by Crippen LogP contribution is 1.97. The van der Waals surface area contributed by atoms with Crippen molar-refractivity contribution in [1.82, 2.24) is 0 Å². The molecule has 1 heteroatoms. The lowest BCUT2D eigenvalue weighted by Crippen LogP contribution is -1.69. The maximum Gasteiger partial charge on any atom is -0.0195 e. The average molecular weight is 159 g/mol. The van der Waals surface area contributed by atoms with Gasteiger partial charge in [0.25, 0.3) is 0 Å². The third-order valence-corrected chi connectivity index (χ3v) is 1.01. The molecule has 0 rings (SSSR count). The molecule has 0 bridgehead atoms. The van der Waals surface area contributed by atoms with E-state index < -0.39 is 0 Å². The van der Waals surface area contributed by atoms with Crippen LogP contribution < -0.4 is 5.73 Å². The minimum absolute atomic E-state index is 1.19. The maximum atomic E-state index is 4.50. The van der Waals surface area contributed by atoms with E-state index in [1.54, 1.807) is 0 Å². The SMILES string of the molecule is C=CCCCCC.CC.CN. The molecule has 0 saturated heterocycles. The average Bonchev–Trinajstić information content (AvgIpc) is 2.13. The first-order chi connectivity index (χ1) is 5.41. The molecular formula is C10H25N. The first kappa shape index (κ1) is 17.0. The summed E-state index contributed by atoms with van der Waals surface area (Å²) >= 11 is 0. The van der Waals surface area contributed by atoms with Crippen LogP contribution in [-0.2, 0) is 0 Å². The van der Waals surface area contributed by atoms with Crippen molar-refractivity contribution in [2.75, 3.05) is 7.05 Å². The standard InChI is InChI=1S/C7H14.C2H6.CH5N/c1-3-5-7-6-4-2;2*1-2/h3H,1,4-7H2,2H3;1-2H3;2H2,1H3. The van der Waals surface area contributed by atoms with Gasteiger partial charge in [-0.15, -0.1) is 6.58 Å². The van der Waals surface area contributed by atoms with Crippen molar-refractivity contribution in [3.63, 3.8) is 0 Å². The van der Waals surface area contributed by atoms with E-state index in [4.69, 9.17) is 0 Å². The Hall–Kier alpha value is -0.300. The third kappa shape index (κ3) is 42.0. The molecule has 1 nitrogen and oxygen atoms in total. The fourth-order valence-electron chi connectivity index (χ4n) is 0.539. The summed E-state index contributed by atoms with van der Waals surface area (Å²) in [5, 5.41) is 0. The Labute approximate surface area is 72.7 Å². The van der Waals surface area contributed by atoms with Crippen molar-refractivity contribution in [1.29, 1.82) is 0 Å². The molecule has 0 unspecified atom stereocenters. The number of hydrogen-bond donors (Lipinski definition) is 1. The summed E-state index contributed by atoms with van der Waals surface area (Å²) in [4.78, 5) is 0. The highest BCUT2D eigenvalue weighted by Gasteiger charge is 1.77. The van der Waals surface area contributed by atoms with Crippen molar-refractivity contribution < 1.29 is 0 Å². The summed E-state index contributed by atoms with van der Waals surface area (Å²) in [5.41, 5.74) is 4.50. The van der Waals surface area contributed by atoms with E-state index in [1.165, 1.54) is 32.7 Å². The van der Waals surface area contributed by atoms with Gasteiger partial charge in [-0.05, 0) is 19.9 Å². The Morgan fingerprint density at radius 1 is 1.18 bits per heavy atom. The van der Waals surface area contributed by atoms with Gasteiger partial charge in [-0.2, -0.15) is 0 Å². The van der Waals surface area contributed by atoms with E-state index in [0.717, 1.165) is 0 Å². The van der Waals surface area contributed by atoms with Gasteiger partial charge in [0.1, 0.15) is 0 Å². The lowest BCUT2D eigenvalue weighted by Gasteiger charge is -1.87. The van der Waals surface area contributed by atoms with Crippen LogP contribution in [0.1, 0.15) is 46.5 Å². The molecule has 0 aromatic rings. The summed E-state index contributed by atoms with van der Waals surface area (Å²) in [5.74, 6) is 0. The van der Waals surface area contributed by atoms with Gasteiger partial charge in [0.05, 0.1) is 0 Å². The normalized spacial score (nSPS) is 6.64. The van der Waals surface area contributed by atoms with Crippen LogP contribution in [0.2, 0.25) is 0 Å². The summed E-state index contributed by atoms with van der Waals surface area (Å²) in [6, 6.07) is 0. The van der Waals surface area contributed by atoms with Crippen LogP contribution in [0, 0.1) is 0 Å². The number of allylic oxidation sites excluding steroid dienone is 1. The molecule has 0 saturated carbocycles. The van der Waals surface area contributed by atoms with Crippen LogP contribution in [0.4, 0.5) is 0 Å². The molecule has 2 N–H and O–H groups in total. The summed E-state index contributed by atoms with van der Waals surface area (Å²) < 4.78 is 0. The second kappa shape index (κ2) is 33.2. The molecule has 0 amide bonds. The van der Waals surface area contributed by atoms with E-state index >= 15 is 0 Å². The van der Waals surface area contributed by atoms with E-state index in [2.05, 4.69) is 19.2 Å². The maximum absolute atomic E-state index is 4.50. The molecule has 0 heterocycles. The molecule has 0 spiro atoms. The number of unbranched alkanes of at least 4 members (excludes halogenated alkanes) is 3. The van der Waals surface area contributed by atoms with Gasteiger partial charge < -0.3 is 5.73 Å². The van der Waals surface area contributed by atoms with Crippen LogP contribution >= 0.6 is 0 Å². The zero-order valence-electron chi connectivity index (χ0n) is 8.69.